The van der Waals surface area contributed by atoms with Crippen molar-refractivity contribution in [2.24, 2.45) is 11.8 Å². The molecule has 3 heterocycles. The van der Waals surface area contributed by atoms with E-state index in [1.807, 2.05) is 23.1 Å². The topological polar surface area (TPSA) is 61.9 Å². The van der Waals surface area contributed by atoms with Crippen LogP contribution in [0.25, 0.3) is 0 Å². The molecule has 4 rings (SSSR count). The summed E-state index contributed by atoms with van der Waals surface area (Å²) < 4.78 is 6.35. The van der Waals surface area contributed by atoms with Gasteiger partial charge in [-0.25, -0.2) is 0 Å². The number of benzene rings is 1. The van der Waals surface area contributed by atoms with E-state index in [9.17, 15) is 9.59 Å². The highest BCUT2D eigenvalue weighted by Crippen LogP contribution is 2.34. The molecule has 0 unspecified atom stereocenters. The van der Waals surface area contributed by atoms with E-state index in [0.29, 0.717) is 23.3 Å². The lowest BCUT2D eigenvalue weighted by atomic mass is 10.0. The molecule has 1 aromatic carbocycles. The first-order valence-electron chi connectivity index (χ1n) is 7.83. The Morgan fingerprint density at radius 1 is 1.30 bits per heavy atom. The molecule has 23 heavy (non-hydrogen) atoms. The Labute approximate surface area is 142 Å². The second kappa shape index (κ2) is 5.79. The number of hydrogen-bond donors (Lipinski definition) is 1. The summed E-state index contributed by atoms with van der Waals surface area (Å²) in [5.41, 5.74) is 0.666. The van der Waals surface area contributed by atoms with Crippen LogP contribution in [0, 0.1) is 11.8 Å². The van der Waals surface area contributed by atoms with Crippen molar-refractivity contribution in [3.63, 3.8) is 0 Å². The third kappa shape index (κ3) is 2.72. The van der Waals surface area contributed by atoms with Gasteiger partial charge in [0, 0.05) is 30.7 Å². The van der Waals surface area contributed by atoms with Gasteiger partial charge in [0.15, 0.2) is 6.61 Å². The molecule has 0 aliphatic carbocycles. The quantitative estimate of drug-likeness (QED) is 0.827. The number of amides is 2. The summed E-state index contributed by atoms with van der Waals surface area (Å²) in [6.07, 6.45) is 0. The first kappa shape index (κ1) is 15.0. The number of carbonyl (C=O) groups excluding carboxylic acids is 2. The molecule has 6 nitrogen and oxygen atoms in total. The van der Waals surface area contributed by atoms with Gasteiger partial charge in [-0.2, -0.15) is 0 Å². The fourth-order valence-electron chi connectivity index (χ4n) is 3.65. The van der Waals surface area contributed by atoms with Gasteiger partial charge in [0.2, 0.25) is 5.91 Å². The van der Waals surface area contributed by atoms with Gasteiger partial charge < -0.3 is 15.0 Å². The van der Waals surface area contributed by atoms with E-state index in [2.05, 4.69) is 21.2 Å². The maximum Gasteiger partial charge on any atom is 0.265 e. The molecule has 2 saturated heterocycles. The number of halogens is 1. The zero-order valence-electron chi connectivity index (χ0n) is 12.6. The van der Waals surface area contributed by atoms with Crippen LogP contribution in [0.3, 0.4) is 0 Å². The Bertz CT molecular complexity index is 654. The predicted octanol–water partition coefficient (Wildman–Crippen LogP) is 0.852. The zero-order chi connectivity index (χ0) is 16.0. The Balaban J connectivity index is 1.50. The summed E-state index contributed by atoms with van der Waals surface area (Å²) in [6, 6.07) is 5.49. The predicted molar refractivity (Wildman–Crippen MR) is 88.4 cm³/mol. The van der Waals surface area contributed by atoms with E-state index in [-0.39, 0.29) is 25.0 Å². The molecule has 3 aliphatic rings. The Morgan fingerprint density at radius 2 is 2.04 bits per heavy atom. The van der Waals surface area contributed by atoms with Crippen LogP contribution in [-0.4, -0.2) is 56.0 Å². The average Bonchev–Trinajstić information content (AvgIpc) is 3.11. The normalized spacial score (nSPS) is 26.0. The Morgan fingerprint density at radius 3 is 2.78 bits per heavy atom. The molecule has 7 heteroatoms. The maximum atomic E-state index is 12.6. The molecule has 1 aromatic rings. The van der Waals surface area contributed by atoms with E-state index in [0.717, 1.165) is 30.7 Å². The lowest BCUT2D eigenvalue weighted by Crippen LogP contribution is -2.46. The highest BCUT2D eigenvalue weighted by atomic mass is 79.9. The van der Waals surface area contributed by atoms with Gasteiger partial charge in [0.1, 0.15) is 12.3 Å². The number of nitrogens with one attached hydrogen (secondary N) is 1. The van der Waals surface area contributed by atoms with Gasteiger partial charge in [-0.15, -0.1) is 0 Å². The van der Waals surface area contributed by atoms with Crippen molar-refractivity contribution in [2.45, 2.75) is 0 Å². The van der Waals surface area contributed by atoms with Crippen LogP contribution >= 0.6 is 15.9 Å². The molecule has 2 amide bonds. The molecule has 0 aromatic heterocycles. The number of hydrogen-bond acceptors (Lipinski definition) is 4. The van der Waals surface area contributed by atoms with Crippen molar-refractivity contribution in [1.29, 1.82) is 0 Å². The summed E-state index contributed by atoms with van der Waals surface area (Å²) in [7, 11) is 0. The Hall–Kier alpha value is -1.60. The number of rotatable bonds is 2. The van der Waals surface area contributed by atoms with Gasteiger partial charge in [0.25, 0.3) is 5.91 Å². The molecule has 2 atom stereocenters. The number of carbonyl (C=O) groups is 2. The second-order valence-electron chi connectivity index (χ2n) is 6.36. The third-order valence-corrected chi connectivity index (χ3v) is 5.39. The molecule has 0 spiro atoms. The highest BCUT2D eigenvalue weighted by Gasteiger charge is 2.39. The molecule has 2 fully saturated rings. The van der Waals surface area contributed by atoms with Crippen LogP contribution in [0.5, 0.6) is 5.75 Å². The fourth-order valence-corrected chi connectivity index (χ4v) is 3.99. The first-order chi connectivity index (χ1) is 11.1. The fraction of sp³-hybridized carbons (Fsp3) is 0.500. The maximum absolute atomic E-state index is 12.6. The van der Waals surface area contributed by atoms with E-state index < -0.39 is 0 Å². The smallest absolute Gasteiger partial charge is 0.265 e. The summed E-state index contributed by atoms with van der Waals surface area (Å²) in [6.45, 7) is 3.63. The number of fused-ring (bicyclic) bond motifs is 2. The summed E-state index contributed by atoms with van der Waals surface area (Å²) in [5, 5.41) is 3.37. The summed E-state index contributed by atoms with van der Waals surface area (Å²) >= 11 is 3.39. The molecule has 0 saturated carbocycles. The minimum atomic E-state index is -0.172. The molecular formula is C16H18BrN3O3. The summed E-state index contributed by atoms with van der Waals surface area (Å²) in [5.74, 6) is 1.59. The SMILES string of the molecule is O=C(CN1C(=O)COc2cc(Br)ccc21)N1C[C@H]2CNC[C@H]2C1. The number of likely N-dealkylation sites (tertiary alicyclic amines) is 1. The van der Waals surface area contributed by atoms with Gasteiger partial charge in [-0.1, -0.05) is 15.9 Å². The van der Waals surface area contributed by atoms with Crippen LogP contribution in [0.1, 0.15) is 0 Å². The molecule has 3 aliphatic heterocycles. The van der Waals surface area contributed by atoms with E-state index in [4.69, 9.17) is 4.74 Å². The van der Waals surface area contributed by atoms with Gasteiger partial charge in [-0.05, 0) is 30.0 Å². The molecule has 122 valence electrons. The minimum absolute atomic E-state index is 0.0171. The molecule has 0 radical (unpaired) electrons. The standard InChI is InChI=1S/C16H18BrN3O3/c17-12-1-2-13-14(3-12)23-9-16(22)20(13)8-15(21)19-6-10-4-18-5-11(10)7-19/h1-3,10-11,18H,4-9H2/t10-,11+. The van der Waals surface area contributed by atoms with Gasteiger partial charge in [0.05, 0.1) is 5.69 Å². The highest BCUT2D eigenvalue weighted by molar-refractivity contribution is 9.10. The molecule has 1 N–H and O–H groups in total. The number of nitrogens with zero attached hydrogens (tertiary/aromatic N) is 2. The van der Waals surface area contributed by atoms with Crippen LogP contribution in [0.4, 0.5) is 5.69 Å². The number of anilines is 1. The van der Waals surface area contributed by atoms with Gasteiger partial charge in [-0.3, -0.25) is 14.5 Å². The van der Waals surface area contributed by atoms with Crippen molar-refractivity contribution >= 4 is 33.4 Å². The van der Waals surface area contributed by atoms with Crippen LogP contribution in [0.15, 0.2) is 22.7 Å². The third-order valence-electron chi connectivity index (χ3n) is 4.90. The monoisotopic (exact) mass is 379 g/mol. The molecular weight excluding hydrogens is 362 g/mol. The lowest BCUT2D eigenvalue weighted by molar-refractivity contribution is -0.131. The minimum Gasteiger partial charge on any atom is -0.482 e. The molecule has 0 bridgehead atoms. The van der Waals surface area contributed by atoms with Gasteiger partial charge >= 0.3 is 0 Å². The largest absolute Gasteiger partial charge is 0.482 e. The summed E-state index contributed by atoms with van der Waals surface area (Å²) in [4.78, 5) is 28.3. The zero-order valence-corrected chi connectivity index (χ0v) is 14.2. The number of ether oxygens (including phenoxy) is 1. The van der Waals surface area contributed by atoms with Crippen LogP contribution in [-0.2, 0) is 9.59 Å². The van der Waals surface area contributed by atoms with Crippen molar-refractivity contribution in [3.8, 4) is 5.75 Å². The van der Waals surface area contributed by atoms with Crippen molar-refractivity contribution in [2.75, 3.05) is 44.2 Å². The van der Waals surface area contributed by atoms with E-state index in [1.165, 1.54) is 0 Å². The Kier molecular flexibility index (Phi) is 3.77. The first-order valence-corrected chi connectivity index (χ1v) is 8.62. The van der Waals surface area contributed by atoms with E-state index in [1.54, 1.807) is 4.90 Å². The van der Waals surface area contributed by atoms with Crippen molar-refractivity contribution in [3.05, 3.63) is 22.7 Å². The lowest BCUT2D eigenvalue weighted by Gasteiger charge is -2.30. The second-order valence-corrected chi connectivity index (χ2v) is 7.27. The van der Waals surface area contributed by atoms with E-state index >= 15 is 0 Å². The average molecular weight is 380 g/mol. The van der Waals surface area contributed by atoms with Crippen LogP contribution < -0.4 is 15.0 Å². The van der Waals surface area contributed by atoms with Crippen molar-refractivity contribution in [1.82, 2.24) is 10.2 Å². The van der Waals surface area contributed by atoms with Crippen molar-refractivity contribution < 1.29 is 14.3 Å². The van der Waals surface area contributed by atoms with Crippen LogP contribution in [0.2, 0.25) is 0 Å².